The summed E-state index contributed by atoms with van der Waals surface area (Å²) >= 11 is 0. The SMILES string of the molecule is CCNCC(C)COc1ccc(CC)cc1C(C)(C)C. The zero-order valence-electron chi connectivity index (χ0n) is 14.0. The van der Waals surface area contributed by atoms with E-state index in [9.17, 15) is 0 Å². The third-order valence-corrected chi connectivity index (χ3v) is 3.53. The molecular formula is C18H31NO. The molecular weight excluding hydrogens is 246 g/mol. The van der Waals surface area contributed by atoms with Gasteiger partial charge in [0.1, 0.15) is 5.75 Å². The second-order valence-electron chi connectivity index (χ2n) is 6.66. The average Bonchev–Trinajstić information content (AvgIpc) is 2.41. The summed E-state index contributed by atoms with van der Waals surface area (Å²) in [5.41, 5.74) is 2.81. The first-order valence-corrected chi connectivity index (χ1v) is 7.85. The molecule has 0 bridgehead atoms. The molecule has 1 aromatic rings. The van der Waals surface area contributed by atoms with Gasteiger partial charge in [0, 0.05) is 12.5 Å². The van der Waals surface area contributed by atoms with Crippen LogP contribution in [0.3, 0.4) is 0 Å². The van der Waals surface area contributed by atoms with Gasteiger partial charge in [0.25, 0.3) is 0 Å². The van der Waals surface area contributed by atoms with Gasteiger partial charge >= 0.3 is 0 Å². The number of hydrogen-bond acceptors (Lipinski definition) is 2. The van der Waals surface area contributed by atoms with Crippen molar-refractivity contribution in [1.82, 2.24) is 5.32 Å². The largest absolute Gasteiger partial charge is 0.493 e. The van der Waals surface area contributed by atoms with E-state index in [4.69, 9.17) is 4.74 Å². The number of hydrogen-bond donors (Lipinski definition) is 1. The Bertz CT molecular complexity index is 406. The predicted molar refractivity (Wildman–Crippen MR) is 87.7 cm³/mol. The zero-order chi connectivity index (χ0) is 15.2. The standard InChI is InChI=1S/C18H31NO/c1-7-15-9-10-17(16(11-15)18(4,5)6)20-13-14(3)12-19-8-2/h9-11,14,19H,7-8,12-13H2,1-6H3. The fourth-order valence-electron chi connectivity index (χ4n) is 2.19. The number of nitrogens with one attached hydrogen (secondary N) is 1. The monoisotopic (exact) mass is 277 g/mol. The lowest BCUT2D eigenvalue weighted by Crippen LogP contribution is -2.25. The summed E-state index contributed by atoms with van der Waals surface area (Å²) < 4.78 is 6.08. The normalized spacial score (nSPS) is 13.3. The molecule has 1 unspecified atom stereocenters. The number of rotatable bonds is 7. The molecule has 0 aliphatic rings. The van der Waals surface area contributed by atoms with Crippen LogP contribution in [0.1, 0.15) is 52.7 Å². The number of aryl methyl sites for hydroxylation is 1. The molecule has 0 heterocycles. The molecule has 1 atom stereocenters. The summed E-state index contributed by atoms with van der Waals surface area (Å²) in [6, 6.07) is 6.61. The first-order valence-electron chi connectivity index (χ1n) is 7.85. The van der Waals surface area contributed by atoms with Crippen molar-refractivity contribution in [2.75, 3.05) is 19.7 Å². The van der Waals surface area contributed by atoms with Crippen LogP contribution in [0.4, 0.5) is 0 Å². The summed E-state index contributed by atoms with van der Waals surface area (Å²) in [5.74, 6) is 1.56. The zero-order valence-corrected chi connectivity index (χ0v) is 14.0. The number of ether oxygens (including phenoxy) is 1. The lowest BCUT2D eigenvalue weighted by Gasteiger charge is -2.24. The summed E-state index contributed by atoms with van der Waals surface area (Å²) in [4.78, 5) is 0. The minimum atomic E-state index is 0.116. The van der Waals surface area contributed by atoms with Crippen LogP contribution >= 0.6 is 0 Å². The highest BCUT2D eigenvalue weighted by atomic mass is 16.5. The van der Waals surface area contributed by atoms with Crippen molar-refractivity contribution in [3.05, 3.63) is 29.3 Å². The van der Waals surface area contributed by atoms with Gasteiger partial charge in [-0.05, 0) is 35.6 Å². The Hall–Kier alpha value is -1.02. The van der Waals surface area contributed by atoms with E-state index in [1.54, 1.807) is 0 Å². The molecule has 0 spiro atoms. The molecule has 20 heavy (non-hydrogen) atoms. The van der Waals surface area contributed by atoms with Crippen molar-refractivity contribution in [3.63, 3.8) is 0 Å². The second-order valence-corrected chi connectivity index (χ2v) is 6.66. The molecule has 114 valence electrons. The molecule has 1 rings (SSSR count). The predicted octanol–water partition coefficient (Wildman–Crippen LogP) is 4.17. The highest BCUT2D eigenvalue weighted by molar-refractivity contribution is 5.41. The Kier molecular flexibility index (Phi) is 6.54. The van der Waals surface area contributed by atoms with Crippen LogP contribution in [-0.4, -0.2) is 19.7 Å². The lowest BCUT2D eigenvalue weighted by atomic mass is 9.85. The summed E-state index contributed by atoms with van der Waals surface area (Å²) in [6.45, 7) is 16.1. The molecule has 0 aliphatic carbocycles. The topological polar surface area (TPSA) is 21.3 Å². The molecule has 1 aromatic carbocycles. The lowest BCUT2D eigenvalue weighted by molar-refractivity contribution is 0.251. The number of benzene rings is 1. The van der Waals surface area contributed by atoms with Crippen molar-refractivity contribution in [3.8, 4) is 5.75 Å². The van der Waals surface area contributed by atoms with E-state index in [-0.39, 0.29) is 5.41 Å². The smallest absolute Gasteiger partial charge is 0.123 e. The van der Waals surface area contributed by atoms with Gasteiger partial charge in [0.15, 0.2) is 0 Å². The highest BCUT2D eigenvalue weighted by Crippen LogP contribution is 2.32. The summed E-state index contributed by atoms with van der Waals surface area (Å²) in [7, 11) is 0. The minimum Gasteiger partial charge on any atom is -0.493 e. The van der Waals surface area contributed by atoms with E-state index in [1.165, 1.54) is 11.1 Å². The Morgan fingerprint density at radius 3 is 2.45 bits per heavy atom. The Labute approximate surface area is 124 Å². The molecule has 0 saturated carbocycles. The van der Waals surface area contributed by atoms with Crippen LogP contribution in [0, 0.1) is 5.92 Å². The van der Waals surface area contributed by atoms with Crippen molar-refractivity contribution in [2.24, 2.45) is 5.92 Å². The average molecular weight is 277 g/mol. The Balaban J connectivity index is 2.79. The molecule has 0 saturated heterocycles. The van der Waals surface area contributed by atoms with Crippen LogP contribution in [0.15, 0.2) is 18.2 Å². The van der Waals surface area contributed by atoms with Gasteiger partial charge in [0.05, 0.1) is 6.61 Å². The maximum Gasteiger partial charge on any atom is 0.123 e. The third kappa shape index (κ3) is 5.16. The van der Waals surface area contributed by atoms with Crippen LogP contribution in [0.2, 0.25) is 0 Å². The van der Waals surface area contributed by atoms with Crippen LogP contribution < -0.4 is 10.1 Å². The molecule has 0 aromatic heterocycles. The van der Waals surface area contributed by atoms with Crippen LogP contribution in [0.5, 0.6) is 5.75 Å². The van der Waals surface area contributed by atoms with E-state index in [0.29, 0.717) is 5.92 Å². The molecule has 0 amide bonds. The van der Waals surface area contributed by atoms with E-state index in [2.05, 4.69) is 65.1 Å². The fraction of sp³-hybridized carbons (Fsp3) is 0.667. The molecule has 1 N–H and O–H groups in total. The third-order valence-electron chi connectivity index (χ3n) is 3.53. The second kappa shape index (κ2) is 7.68. The maximum absolute atomic E-state index is 6.08. The quantitative estimate of drug-likeness (QED) is 0.807. The molecule has 0 radical (unpaired) electrons. The van der Waals surface area contributed by atoms with Gasteiger partial charge < -0.3 is 10.1 Å². The fourth-order valence-corrected chi connectivity index (χ4v) is 2.19. The van der Waals surface area contributed by atoms with Gasteiger partial charge in [-0.1, -0.05) is 53.7 Å². The van der Waals surface area contributed by atoms with E-state index in [0.717, 1.165) is 31.9 Å². The first-order chi connectivity index (χ1) is 9.38. The van der Waals surface area contributed by atoms with E-state index >= 15 is 0 Å². The highest BCUT2D eigenvalue weighted by Gasteiger charge is 2.19. The summed E-state index contributed by atoms with van der Waals surface area (Å²) in [5, 5.41) is 3.37. The Morgan fingerprint density at radius 2 is 1.90 bits per heavy atom. The van der Waals surface area contributed by atoms with Gasteiger partial charge in [0.2, 0.25) is 0 Å². The van der Waals surface area contributed by atoms with Gasteiger partial charge in [-0.3, -0.25) is 0 Å². The van der Waals surface area contributed by atoms with Crippen molar-refractivity contribution in [1.29, 1.82) is 0 Å². The molecule has 2 heteroatoms. The first kappa shape index (κ1) is 17.0. The molecule has 0 aliphatic heterocycles. The minimum absolute atomic E-state index is 0.116. The van der Waals surface area contributed by atoms with E-state index in [1.807, 2.05) is 0 Å². The van der Waals surface area contributed by atoms with Crippen molar-refractivity contribution >= 4 is 0 Å². The van der Waals surface area contributed by atoms with Crippen molar-refractivity contribution in [2.45, 2.75) is 53.4 Å². The molecule has 0 fully saturated rings. The van der Waals surface area contributed by atoms with Crippen LogP contribution in [-0.2, 0) is 11.8 Å². The van der Waals surface area contributed by atoms with Gasteiger partial charge in [-0.2, -0.15) is 0 Å². The summed E-state index contributed by atoms with van der Waals surface area (Å²) in [6.07, 6.45) is 1.07. The Morgan fingerprint density at radius 1 is 1.20 bits per heavy atom. The van der Waals surface area contributed by atoms with Gasteiger partial charge in [-0.25, -0.2) is 0 Å². The van der Waals surface area contributed by atoms with Gasteiger partial charge in [-0.15, -0.1) is 0 Å². The van der Waals surface area contributed by atoms with Crippen LogP contribution in [0.25, 0.3) is 0 Å². The van der Waals surface area contributed by atoms with Crippen molar-refractivity contribution < 1.29 is 4.74 Å². The maximum atomic E-state index is 6.08. The van der Waals surface area contributed by atoms with E-state index < -0.39 is 0 Å². The molecule has 2 nitrogen and oxygen atoms in total.